The van der Waals surface area contributed by atoms with E-state index < -0.39 is 12.1 Å². The van der Waals surface area contributed by atoms with Crippen LogP contribution in [-0.4, -0.2) is 29.0 Å². The summed E-state index contributed by atoms with van der Waals surface area (Å²) in [4.78, 5) is 30.4. The number of hydrogen-bond donors (Lipinski definition) is 0. The van der Waals surface area contributed by atoms with Gasteiger partial charge in [-0.05, 0) is 44.0 Å². The predicted molar refractivity (Wildman–Crippen MR) is 86.2 cm³/mol. The Kier molecular flexibility index (Phi) is 4.10. The summed E-state index contributed by atoms with van der Waals surface area (Å²) < 4.78 is 5.28. The van der Waals surface area contributed by atoms with Gasteiger partial charge in [-0.25, -0.2) is 9.78 Å². The Morgan fingerprint density at radius 1 is 1.22 bits per heavy atom. The molecular formula is C18H18N2O3. The molecule has 0 fully saturated rings. The third kappa shape index (κ3) is 2.95. The smallest absolute Gasteiger partial charge is 0.357 e. The Balaban J connectivity index is 1.74. The number of carbonyl (C=O) groups is 2. The number of ether oxygens (including phenoxy) is 1. The second kappa shape index (κ2) is 6.20. The Labute approximate surface area is 134 Å². The monoisotopic (exact) mass is 310 g/mol. The van der Waals surface area contributed by atoms with Crippen LogP contribution in [0.25, 0.3) is 0 Å². The highest BCUT2D eigenvalue weighted by molar-refractivity contribution is 6.00. The van der Waals surface area contributed by atoms with Crippen molar-refractivity contribution >= 4 is 17.6 Å². The van der Waals surface area contributed by atoms with E-state index in [0.717, 1.165) is 17.7 Å². The van der Waals surface area contributed by atoms with Crippen molar-refractivity contribution in [3.05, 3.63) is 59.9 Å². The van der Waals surface area contributed by atoms with E-state index in [1.807, 2.05) is 31.2 Å². The molecule has 3 rings (SSSR count). The largest absolute Gasteiger partial charge is 0.448 e. The highest BCUT2D eigenvalue weighted by atomic mass is 16.5. The summed E-state index contributed by atoms with van der Waals surface area (Å²) >= 11 is 0. The van der Waals surface area contributed by atoms with Gasteiger partial charge in [0, 0.05) is 17.9 Å². The van der Waals surface area contributed by atoms with E-state index in [1.54, 1.807) is 30.0 Å². The third-order valence-corrected chi connectivity index (χ3v) is 3.95. The first-order chi connectivity index (χ1) is 11.1. The first-order valence-electron chi connectivity index (χ1n) is 7.61. The van der Waals surface area contributed by atoms with Crippen LogP contribution >= 0.6 is 0 Å². The van der Waals surface area contributed by atoms with Crippen LogP contribution in [0, 0.1) is 0 Å². The number of aromatic nitrogens is 1. The molecule has 118 valence electrons. The number of rotatable bonds is 3. The molecule has 2 heterocycles. The van der Waals surface area contributed by atoms with Gasteiger partial charge in [0.15, 0.2) is 6.10 Å². The Morgan fingerprint density at radius 3 is 2.70 bits per heavy atom. The Bertz CT molecular complexity index is 730. The fraction of sp³-hybridized carbons (Fsp3) is 0.278. The van der Waals surface area contributed by atoms with Gasteiger partial charge in [0.2, 0.25) is 0 Å². The first-order valence-corrected chi connectivity index (χ1v) is 7.61. The number of nitrogens with zero attached hydrogens (tertiary/aromatic N) is 2. The molecule has 5 nitrogen and oxygen atoms in total. The fourth-order valence-corrected chi connectivity index (χ4v) is 2.85. The zero-order chi connectivity index (χ0) is 16.4. The molecule has 1 aliphatic rings. The lowest BCUT2D eigenvalue weighted by molar-refractivity contribution is -0.126. The summed E-state index contributed by atoms with van der Waals surface area (Å²) in [6, 6.07) is 12.8. The van der Waals surface area contributed by atoms with Crippen molar-refractivity contribution in [3.63, 3.8) is 0 Å². The molecule has 2 aromatic rings. The minimum absolute atomic E-state index is 0.0518. The van der Waals surface area contributed by atoms with Crippen LogP contribution in [0.1, 0.15) is 29.9 Å². The molecule has 0 saturated carbocycles. The molecule has 0 radical (unpaired) electrons. The molecule has 1 aromatic heterocycles. The summed E-state index contributed by atoms with van der Waals surface area (Å²) in [6.07, 6.45) is 1.46. The number of amides is 1. The number of fused-ring (bicyclic) bond motifs is 1. The summed E-state index contributed by atoms with van der Waals surface area (Å²) in [6.45, 7) is 3.59. The number of hydrogen-bond acceptors (Lipinski definition) is 4. The average molecular weight is 310 g/mol. The van der Waals surface area contributed by atoms with Gasteiger partial charge in [0.1, 0.15) is 5.69 Å². The normalized spacial score (nSPS) is 17.5. The lowest BCUT2D eigenvalue weighted by atomic mass is 10.1. The van der Waals surface area contributed by atoms with Crippen LogP contribution in [0.3, 0.4) is 0 Å². The van der Waals surface area contributed by atoms with Gasteiger partial charge in [0.25, 0.3) is 5.91 Å². The second-order valence-electron chi connectivity index (χ2n) is 5.65. The number of benzene rings is 1. The maximum atomic E-state index is 12.7. The maximum absolute atomic E-state index is 12.7. The first kappa shape index (κ1) is 15.2. The summed E-state index contributed by atoms with van der Waals surface area (Å²) in [5.74, 6) is -0.807. The van der Waals surface area contributed by atoms with Crippen molar-refractivity contribution in [1.29, 1.82) is 0 Å². The van der Waals surface area contributed by atoms with Crippen molar-refractivity contribution in [2.45, 2.75) is 32.4 Å². The van der Waals surface area contributed by atoms with Crippen molar-refractivity contribution in [3.8, 4) is 0 Å². The van der Waals surface area contributed by atoms with E-state index in [1.165, 1.54) is 6.20 Å². The number of pyridine rings is 1. The van der Waals surface area contributed by atoms with Crippen LogP contribution in [0.5, 0.6) is 0 Å². The summed E-state index contributed by atoms with van der Waals surface area (Å²) in [7, 11) is 0. The maximum Gasteiger partial charge on any atom is 0.357 e. The van der Waals surface area contributed by atoms with Gasteiger partial charge < -0.3 is 9.64 Å². The minimum atomic E-state index is -0.863. The molecule has 1 aliphatic heterocycles. The molecule has 0 unspecified atom stereocenters. The van der Waals surface area contributed by atoms with E-state index in [0.29, 0.717) is 0 Å². The Hall–Kier alpha value is -2.69. The highest BCUT2D eigenvalue weighted by Crippen LogP contribution is 2.32. The SMILES string of the molecule is C[C@@H](OC(=O)c1ccccn1)C(=O)N1c2ccccc2C[C@@H]1C. The summed E-state index contributed by atoms with van der Waals surface area (Å²) in [5.41, 5.74) is 2.23. The van der Waals surface area contributed by atoms with Crippen molar-refractivity contribution in [2.75, 3.05) is 4.90 Å². The number of para-hydroxylation sites is 1. The second-order valence-corrected chi connectivity index (χ2v) is 5.65. The van der Waals surface area contributed by atoms with Crippen LogP contribution < -0.4 is 4.90 Å². The van der Waals surface area contributed by atoms with Crippen molar-refractivity contribution < 1.29 is 14.3 Å². The standard InChI is InChI=1S/C18H18N2O3/c1-12-11-14-7-3-4-9-16(14)20(12)17(21)13(2)23-18(22)15-8-5-6-10-19-15/h3-10,12-13H,11H2,1-2H3/t12-,13+/m0/s1. The topological polar surface area (TPSA) is 59.5 Å². The van der Waals surface area contributed by atoms with Crippen LogP contribution in [-0.2, 0) is 16.0 Å². The number of carbonyl (C=O) groups excluding carboxylic acids is 2. The van der Waals surface area contributed by atoms with E-state index in [-0.39, 0.29) is 17.6 Å². The van der Waals surface area contributed by atoms with Gasteiger partial charge in [-0.1, -0.05) is 24.3 Å². The van der Waals surface area contributed by atoms with Crippen LogP contribution in [0.15, 0.2) is 48.7 Å². The van der Waals surface area contributed by atoms with Gasteiger partial charge in [-0.15, -0.1) is 0 Å². The minimum Gasteiger partial charge on any atom is -0.448 e. The molecule has 0 aliphatic carbocycles. The molecule has 0 spiro atoms. The van der Waals surface area contributed by atoms with Crippen LogP contribution in [0.2, 0.25) is 0 Å². The quantitative estimate of drug-likeness (QED) is 0.818. The van der Waals surface area contributed by atoms with E-state index in [2.05, 4.69) is 4.98 Å². The van der Waals surface area contributed by atoms with Gasteiger partial charge in [-0.2, -0.15) is 0 Å². The fourth-order valence-electron chi connectivity index (χ4n) is 2.85. The van der Waals surface area contributed by atoms with Crippen molar-refractivity contribution in [1.82, 2.24) is 4.98 Å². The molecule has 0 bridgehead atoms. The lowest BCUT2D eigenvalue weighted by Gasteiger charge is -2.25. The molecule has 5 heteroatoms. The molecule has 2 atom stereocenters. The van der Waals surface area contributed by atoms with E-state index >= 15 is 0 Å². The van der Waals surface area contributed by atoms with Gasteiger partial charge in [0.05, 0.1) is 0 Å². The highest BCUT2D eigenvalue weighted by Gasteiger charge is 2.34. The lowest BCUT2D eigenvalue weighted by Crippen LogP contribution is -2.43. The van der Waals surface area contributed by atoms with E-state index in [9.17, 15) is 9.59 Å². The molecule has 23 heavy (non-hydrogen) atoms. The third-order valence-electron chi connectivity index (χ3n) is 3.95. The molecular weight excluding hydrogens is 292 g/mol. The van der Waals surface area contributed by atoms with E-state index in [4.69, 9.17) is 4.74 Å². The van der Waals surface area contributed by atoms with Gasteiger partial charge >= 0.3 is 5.97 Å². The number of anilines is 1. The molecule has 0 N–H and O–H groups in total. The average Bonchev–Trinajstić information content (AvgIpc) is 2.90. The van der Waals surface area contributed by atoms with Crippen molar-refractivity contribution in [2.24, 2.45) is 0 Å². The predicted octanol–water partition coefficient (Wildman–Crippen LogP) is 2.60. The molecule has 1 aromatic carbocycles. The Morgan fingerprint density at radius 2 is 1.96 bits per heavy atom. The zero-order valence-electron chi connectivity index (χ0n) is 13.1. The van der Waals surface area contributed by atoms with Gasteiger partial charge in [-0.3, -0.25) is 4.79 Å². The zero-order valence-corrected chi connectivity index (χ0v) is 13.1. The number of esters is 1. The molecule has 1 amide bonds. The molecule has 0 saturated heterocycles. The van der Waals surface area contributed by atoms with Crippen LogP contribution in [0.4, 0.5) is 5.69 Å². The summed E-state index contributed by atoms with van der Waals surface area (Å²) in [5, 5.41) is 0.